The summed E-state index contributed by atoms with van der Waals surface area (Å²) < 4.78 is 72.5. The Bertz CT molecular complexity index is 684. The number of hydrogen-bond donors (Lipinski definition) is 2. The highest BCUT2D eigenvalue weighted by Gasteiger charge is 2.35. The summed E-state index contributed by atoms with van der Waals surface area (Å²) in [6.07, 6.45) is -5.84. The molecule has 0 fully saturated rings. The van der Waals surface area contributed by atoms with Crippen LogP contribution >= 0.6 is 11.8 Å². The van der Waals surface area contributed by atoms with Gasteiger partial charge in [-0.15, -0.1) is 0 Å². The van der Waals surface area contributed by atoms with Crippen molar-refractivity contribution in [1.82, 2.24) is 20.0 Å². The molecule has 0 unspecified atom stereocenters. The molecule has 12 heteroatoms. The summed E-state index contributed by atoms with van der Waals surface area (Å²) in [7, 11) is 1.22. The van der Waals surface area contributed by atoms with Gasteiger partial charge in [0, 0.05) is 24.4 Å². The van der Waals surface area contributed by atoms with Gasteiger partial charge in [0.2, 0.25) is 0 Å². The van der Waals surface area contributed by atoms with Gasteiger partial charge >= 0.3 is 12.4 Å². The van der Waals surface area contributed by atoms with E-state index in [0.29, 0.717) is 11.8 Å². The van der Waals surface area contributed by atoms with Gasteiger partial charge in [-0.05, 0) is 6.26 Å². The molecule has 2 heterocycles. The first-order valence-electron chi connectivity index (χ1n) is 5.88. The number of nitrogens with zero attached hydrogens (tertiary/aromatic N) is 2. The Morgan fingerprint density at radius 3 is 2.17 bits per heavy atom. The van der Waals surface area contributed by atoms with Gasteiger partial charge in [-0.3, -0.25) is 19.7 Å². The van der Waals surface area contributed by atoms with Gasteiger partial charge in [-0.2, -0.15) is 43.2 Å². The molecule has 0 amide bonds. The van der Waals surface area contributed by atoms with E-state index in [2.05, 4.69) is 5.10 Å². The molecule has 0 radical (unpaired) electrons. The van der Waals surface area contributed by atoms with Crippen LogP contribution in [0, 0.1) is 0 Å². The van der Waals surface area contributed by atoms with Crippen molar-refractivity contribution in [1.29, 1.82) is 0 Å². The van der Waals surface area contributed by atoms with Crippen molar-refractivity contribution in [2.45, 2.75) is 18.1 Å². The fourth-order valence-electron chi connectivity index (χ4n) is 1.46. The SMILES string of the molecule is CSCc1cn[nH]c1C(F)(F)F.Cn1[nH]c(C(F)(F)F)cc1=O. The molecule has 0 saturated carbocycles. The number of alkyl halides is 6. The van der Waals surface area contributed by atoms with Crippen LogP contribution in [0.15, 0.2) is 17.1 Å². The third kappa shape index (κ3) is 5.37. The van der Waals surface area contributed by atoms with Crippen LogP contribution in [0.25, 0.3) is 0 Å². The lowest BCUT2D eigenvalue weighted by atomic mass is 10.3. The predicted molar refractivity (Wildman–Crippen MR) is 71.8 cm³/mol. The van der Waals surface area contributed by atoms with Gasteiger partial charge in [0.05, 0.1) is 6.20 Å². The zero-order chi connectivity index (χ0) is 17.8. The highest BCUT2D eigenvalue weighted by Crippen LogP contribution is 2.31. The summed E-state index contributed by atoms with van der Waals surface area (Å²) >= 11 is 1.33. The zero-order valence-electron chi connectivity index (χ0n) is 11.8. The maximum atomic E-state index is 12.1. The quantitative estimate of drug-likeness (QED) is 0.807. The fraction of sp³-hybridized carbons (Fsp3) is 0.455. The molecule has 2 aromatic heterocycles. The second-order valence-electron chi connectivity index (χ2n) is 4.27. The van der Waals surface area contributed by atoms with E-state index >= 15 is 0 Å². The Morgan fingerprint density at radius 1 is 1.22 bits per heavy atom. The van der Waals surface area contributed by atoms with Crippen LogP contribution in [0.5, 0.6) is 0 Å². The molecule has 2 aromatic rings. The Kier molecular flexibility index (Phi) is 5.97. The van der Waals surface area contributed by atoms with Gasteiger partial charge in [-0.25, -0.2) is 0 Å². The summed E-state index contributed by atoms with van der Waals surface area (Å²) in [6.45, 7) is 0. The average molecular weight is 362 g/mol. The molecular weight excluding hydrogens is 350 g/mol. The fourth-order valence-corrected chi connectivity index (χ4v) is 1.98. The van der Waals surface area contributed by atoms with Crippen LogP contribution in [-0.2, 0) is 25.2 Å². The second kappa shape index (κ2) is 7.15. The smallest absolute Gasteiger partial charge is 0.291 e. The molecule has 2 N–H and O–H groups in total. The summed E-state index contributed by atoms with van der Waals surface area (Å²) in [5, 5.41) is 7.15. The topological polar surface area (TPSA) is 66.5 Å². The average Bonchev–Trinajstić information content (AvgIpc) is 2.97. The van der Waals surface area contributed by atoms with E-state index < -0.39 is 29.3 Å². The van der Waals surface area contributed by atoms with E-state index in [1.54, 1.807) is 6.26 Å². The number of hydrogen-bond acceptors (Lipinski definition) is 3. The van der Waals surface area contributed by atoms with Crippen molar-refractivity contribution in [2.24, 2.45) is 7.05 Å². The maximum absolute atomic E-state index is 12.1. The summed E-state index contributed by atoms with van der Waals surface area (Å²) in [4.78, 5) is 10.5. The first-order valence-corrected chi connectivity index (χ1v) is 7.27. The van der Waals surface area contributed by atoms with E-state index in [0.717, 1.165) is 4.68 Å². The molecule has 5 nitrogen and oxygen atoms in total. The largest absolute Gasteiger partial charge is 0.433 e. The lowest BCUT2D eigenvalue weighted by molar-refractivity contribution is -0.142. The van der Waals surface area contributed by atoms with Crippen molar-refractivity contribution >= 4 is 11.8 Å². The summed E-state index contributed by atoms with van der Waals surface area (Å²) in [6, 6.07) is 0.514. The number of thioether (sulfide) groups is 1. The Labute approximate surface area is 130 Å². The van der Waals surface area contributed by atoms with Gasteiger partial charge in [0.1, 0.15) is 11.4 Å². The first-order chi connectivity index (χ1) is 10.5. The number of aromatic amines is 2. The van der Waals surface area contributed by atoms with E-state index in [-0.39, 0.29) is 5.56 Å². The van der Waals surface area contributed by atoms with Gasteiger partial charge < -0.3 is 0 Å². The van der Waals surface area contributed by atoms with E-state index in [4.69, 9.17) is 0 Å². The number of H-pyrrole nitrogens is 2. The highest BCUT2D eigenvalue weighted by molar-refractivity contribution is 7.97. The third-order valence-corrected chi connectivity index (χ3v) is 3.09. The lowest BCUT2D eigenvalue weighted by Crippen LogP contribution is -2.10. The number of aromatic nitrogens is 4. The van der Waals surface area contributed by atoms with Crippen LogP contribution in [-0.4, -0.2) is 26.2 Å². The Hall–Kier alpha value is -1.85. The Balaban J connectivity index is 0.000000231. The van der Waals surface area contributed by atoms with Crippen LogP contribution in [0.3, 0.4) is 0 Å². The minimum absolute atomic E-state index is 0.204. The molecular formula is C11H12F6N4OS. The molecule has 0 aliphatic carbocycles. The van der Waals surface area contributed by atoms with Crippen molar-refractivity contribution < 1.29 is 26.3 Å². The summed E-state index contributed by atoms with van der Waals surface area (Å²) in [5.74, 6) is 0.325. The molecule has 0 spiro atoms. The highest BCUT2D eigenvalue weighted by atomic mass is 32.2. The maximum Gasteiger partial charge on any atom is 0.433 e. The van der Waals surface area contributed by atoms with E-state index in [9.17, 15) is 31.1 Å². The number of halogens is 6. The minimum Gasteiger partial charge on any atom is -0.291 e. The Morgan fingerprint density at radius 2 is 1.83 bits per heavy atom. The second-order valence-corrected chi connectivity index (χ2v) is 5.13. The molecule has 0 aliphatic rings. The van der Waals surface area contributed by atoms with Crippen LogP contribution < -0.4 is 5.56 Å². The third-order valence-electron chi connectivity index (χ3n) is 2.49. The van der Waals surface area contributed by atoms with Crippen LogP contribution in [0.2, 0.25) is 0 Å². The molecule has 23 heavy (non-hydrogen) atoms. The monoisotopic (exact) mass is 362 g/mol. The van der Waals surface area contributed by atoms with Crippen molar-refractivity contribution in [3.63, 3.8) is 0 Å². The molecule has 0 aliphatic heterocycles. The number of rotatable bonds is 2. The molecule has 130 valence electrons. The number of nitrogens with one attached hydrogen (secondary N) is 2. The standard InChI is InChI=1S/C6H7F3N2S.C5H5F3N2O/c1-12-3-4-2-10-11-5(4)6(7,8)9;1-10-4(11)2-3(9-10)5(6,7)8/h2H,3H2,1H3,(H,10,11);2,9H,1H3. The zero-order valence-corrected chi connectivity index (χ0v) is 12.7. The normalized spacial score (nSPS) is 12.0. The molecule has 0 bridgehead atoms. The number of aryl methyl sites for hydroxylation is 1. The molecule has 0 atom stereocenters. The van der Waals surface area contributed by atoms with Gasteiger partial charge in [0.25, 0.3) is 5.56 Å². The van der Waals surface area contributed by atoms with Crippen molar-refractivity contribution in [2.75, 3.05) is 6.26 Å². The summed E-state index contributed by atoms with van der Waals surface area (Å²) in [5.41, 5.74) is -2.26. The van der Waals surface area contributed by atoms with Crippen LogP contribution in [0.1, 0.15) is 17.0 Å². The van der Waals surface area contributed by atoms with E-state index in [1.165, 1.54) is 25.0 Å². The van der Waals surface area contributed by atoms with Crippen LogP contribution in [0.4, 0.5) is 26.3 Å². The lowest BCUT2D eigenvalue weighted by Gasteiger charge is -2.04. The minimum atomic E-state index is -4.47. The predicted octanol–water partition coefficient (Wildman–Crippen LogP) is 3.02. The van der Waals surface area contributed by atoms with Crippen molar-refractivity contribution in [3.8, 4) is 0 Å². The van der Waals surface area contributed by atoms with Gasteiger partial charge in [-0.1, -0.05) is 0 Å². The molecule has 0 aromatic carbocycles. The molecule has 2 rings (SSSR count). The van der Waals surface area contributed by atoms with Crippen molar-refractivity contribution in [3.05, 3.63) is 39.6 Å². The first kappa shape index (κ1) is 19.2. The van der Waals surface area contributed by atoms with Gasteiger partial charge in [0.15, 0.2) is 0 Å². The molecule has 0 saturated heterocycles. The van der Waals surface area contributed by atoms with E-state index in [1.807, 2.05) is 10.2 Å².